The smallest absolute Gasteiger partial charge is 0.0706 e. The Morgan fingerprint density at radius 2 is 2.00 bits per heavy atom. The van der Waals surface area contributed by atoms with Gasteiger partial charge >= 0.3 is 0 Å². The van der Waals surface area contributed by atoms with E-state index in [0.717, 1.165) is 17.9 Å². The van der Waals surface area contributed by atoms with Crippen LogP contribution in [0.2, 0.25) is 0 Å². The predicted octanol–water partition coefficient (Wildman–Crippen LogP) is 2.65. The summed E-state index contributed by atoms with van der Waals surface area (Å²) >= 11 is 0. The lowest BCUT2D eigenvalue weighted by Gasteiger charge is -2.42. The average molecular weight is 280 g/mol. The van der Waals surface area contributed by atoms with E-state index in [1.807, 2.05) is 0 Å². The van der Waals surface area contributed by atoms with Gasteiger partial charge in [-0.25, -0.2) is 0 Å². The molecule has 3 rings (SSSR count). The molecule has 1 aliphatic carbocycles. The molecular formula is C17H32N2O. The summed E-state index contributed by atoms with van der Waals surface area (Å²) in [5, 5.41) is 3.80. The molecule has 3 nitrogen and oxygen atoms in total. The Hall–Kier alpha value is -0.120. The normalized spacial score (nSPS) is 39.6. The fraction of sp³-hybridized carbons (Fsp3) is 1.00. The molecule has 2 heterocycles. The number of hydrogen-bond acceptors (Lipinski definition) is 3. The first-order chi connectivity index (χ1) is 9.61. The van der Waals surface area contributed by atoms with Crippen LogP contribution in [0.1, 0.15) is 52.9 Å². The maximum Gasteiger partial charge on any atom is 0.0706 e. The van der Waals surface area contributed by atoms with E-state index < -0.39 is 0 Å². The molecule has 0 spiro atoms. The van der Waals surface area contributed by atoms with Crippen LogP contribution in [0.5, 0.6) is 0 Å². The minimum Gasteiger partial charge on any atom is -0.374 e. The fourth-order valence-corrected chi connectivity index (χ4v) is 4.06. The summed E-state index contributed by atoms with van der Waals surface area (Å²) in [4.78, 5) is 2.77. The summed E-state index contributed by atoms with van der Waals surface area (Å²) < 4.78 is 6.07. The van der Waals surface area contributed by atoms with Crippen molar-refractivity contribution >= 4 is 0 Å². The van der Waals surface area contributed by atoms with Crippen LogP contribution >= 0.6 is 0 Å². The van der Waals surface area contributed by atoms with E-state index in [-0.39, 0.29) is 0 Å². The molecule has 4 unspecified atom stereocenters. The van der Waals surface area contributed by atoms with Crippen LogP contribution in [0.25, 0.3) is 0 Å². The van der Waals surface area contributed by atoms with Gasteiger partial charge in [-0.1, -0.05) is 13.8 Å². The van der Waals surface area contributed by atoms with Crippen molar-refractivity contribution in [2.75, 3.05) is 19.6 Å². The van der Waals surface area contributed by atoms with E-state index in [0.29, 0.717) is 18.2 Å². The Balaban J connectivity index is 1.57. The number of nitrogens with one attached hydrogen (secondary N) is 1. The summed E-state index contributed by atoms with van der Waals surface area (Å²) in [6.45, 7) is 10.5. The molecule has 2 saturated heterocycles. The molecule has 0 radical (unpaired) electrons. The molecule has 0 aromatic rings. The van der Waals surface area contributed by atoms with Gasteiger partial charge in [0.25, 0.3) is 0 Å². The van der Waals surface area contributed by atoms with E-state index in [2.05, 4.69) is 31.0 Å². The Morgan fingerprint density at radius 1 is 1.20 bits per heavy atom. The molecular weight excluding hydrogens is 248 g/mol. The molecule has 0 aromatic carbocycles. The van der Waals surface area contributed by atoms with Crippen LogP contribution in [0.15, 0.2) is 0 Å². The lowest BCUT2D eigenvalue weighted by molar-refractivity contribution is 0.00582. The van der Waals surface area contributed by atoms with Crippen LogP contribution in [0.3, 0.4) is 0 Å². The van der Waals surface area contributed by atoms with Crippen molar-refractivity contribution in [2.45, 2.75) is 77.2 Å². The Labute approximate surface area is 124 Å². The topological polar surface area (TPSA) is 24.5 Å². The van der Waals surface area contributed by atoms with Crippen molar-refractivity contribution in [3.8, 4) is 0 Å². The molecule has 0 aromatic heterocycles. The van der Waals surface area contributed by atoms with Gasteiger partial charge in [-0.05, 0) is 50.9 Å². The first kappa shape index (κ1) is 14.8. The molecule has 20 heavy (non-hydrogen) atoms. The maximum atomic E-state index is 6.07. The number of nitrogens with zero attached hydrogens (tertiary/aromatic N) is 1. The molecule has 3 fully saturated rings. The van der Waals surface area contributed by atoms with Gasteiger partial charge in [-0.2, -0.15) is 0 Å². The van der Waals surface area contributed by atoms with Crippen LogP contribution in [-0.2, 0) is 4.74 Å². The summed E-state index contributed by atoms with van der Waals surface area (Å²) in [5.41, 5.74) is 0. The van der Waals surface area contributed by atoms with Gasteiger partial charge in [0, 0.05) is 31.7 Å². The SMILES string of the molecule is CC(C)CC1CN(CC2CCC(C)O2)C(C2CC2)CN1. The number of rotatable bonds is 5. The van der Waals surface area contributed by atoms with Crippen molar-refractivity contribution < 1.29 is 4.74 Å². The van der Waals surface area contributed by atoms with Crippen molar-refractivity contribution in [3.63, 3.8) is 0 Å². The third-order valence-corrected chi connectivity index (χ3v) is 5.22. The second-order valence-corrected chi connectivity index (χ2v) is 7.74. The van der Waals surface area contributed by atoms with E-state index in [1.165, 1.54) is 51.7 Å². The quantitative estimate of drug-likeness (QED) is 0.838. The summed E-state index contributed by atoms with van der Waals surface area (Å²) in [6.07, 6.45) is 7.67. The molecule has 0 bridgehead atoms. The van der Waals surface area contributed by atoms with Crippen molar-refractivity contribution in [3.05, 3.63) is 0 Å². The van der Waals surface area contributed by atoms with Gasteiger partial charge in [-0.3, -0.25) is 4.90 Å². The highest BCUT2D eigenvalue weighted by atomic mass is 16.5. The number of piperazine rings is 1. The summed E-state index contributed by atoms with van der Waals surface area (Å²) in [5.74, 6) is 1.75. The minimum absolute atomic E-state index is 0.480. The van der Waals surface area contributed by atoms with Crippen molar-refractivity contribution in [1.29, 1.82) is 0 Å². The van der Waals surface area contributed by atoms with E-state index in [9.17, 15) is 0 Å². The zero-order chi connectivity index (χ0) is 14.1. The highest BCUT2D eigenvalue weighted by molar-refractivity contribution is 4.96. The first-order valence-corrected chi connectivity index (χ1v) is 8.74. The lowest BCUT2D eigenvalue weighted by atomic mass is 9.97. The molecule has 116 valence electrons. The Bertz CT molecular complexity index is 316. The number of hydrogen-bond donors (Lipinski definition) is 1. The van der Waals surface area contributed by atoms with Gasteiger partial charge < -0.3 is 10.1 Å². The third-order valence-electron chi connectivity index (χ3n) is 5.22. The van der Waals surface area contributed by atoms with Gasteiger partial charge in [0.05, 0.1) is 12.2 Å². The largest absolute Gasteiger partial charge is 0.374 e. The lowest BCUT2D eigenvalue weighted by Crippen LogP contribution is -2.59. The Kier molecular flexibility index (Phi) is 4.68. The fourth-order valence-electron chi connectivity index (χ4n) is 4.06. The molecule has 3 aliphatic rings. The maximum absolute atomic E-state index is 6.07. The first-order valence-electron chi connectivity index (χ1n) is 8.74. The molecule has 3 heteroatoms. The van der Waals surface area contributed by atoms with Crippen LogP contribution in [0, 0.1) is 11.8 Å². The summed E-state index contributed by atoms with van der Waals surface area (Å²) in [7, 11) is 0. The minimum atomic E-state index is 0.480. The molecule has 4 atom stereocenters. The van der Waals surface area contributed by atoms with Crippen molar-refractivity contribution in [2.24, 2.45) is 11.8 Å². The van der Waals surface area contributed by atoms with Crippen LogP contribution < -0.4 is 5.32 Å². The van der Waals surface area contributed by atoms with Crippen molar-refractivity contribution in [1.82, 2.24) is 10.2 Å². The Morgan fingerprint density at radius 3 is 2.60 bits per heavy atom. The van der Waals surface area contributed by atoms with Crippen LogP contribution in [0.4, 0.5) is 0 Å². The van der Waals surface area contributed by atoms with E-state index >= 15 is 0 Å². The number of ether oxygens (including phenoxy) is 1. The zero-order valence-corrected chi connectivity index (χ0v) is 13.5. The monoisotopic (exact) mass is 280 g/mol. The average Bonchev–Trinajstić information content (AvgIpc) is 3.13. The highest BCUT2D eigenvalue weighted by Crippen LogP contribution is 2.37. The standard InChI is InChI=1S/C17H32N2O/c1-12(2)8-15-10-19(11-16-7-4-13(3)20-16)17(9-18-15)14-5-6-14/h12-18H,4-11H2,1-3H3. The molecule has 1 N–H and O–H groups in total. The van der Waals surface area contributed by atoms with Gasteiger partial charge in [0.2, 0.25) is 0 Å². The molecule has 2 aliphatic heterocycles. The van der Waals surface area contributed by atoms with Gasteiger partial charge in [0.1, 0.15) is 0 Å². The van der Waals surface area contributed by atoms with E-state index in [4.69, 9.17) is 4.74 Å². The second-order valence-electron chi connectivity index (χ2n) is 7.74. The van der Waals surface area contributed by atoms with Gasteiger partial charge in [-0.15, -0.1) is 0 Å². The second kappa shape index (κ2) is 6.33. The van der Waals surface area contributed by atoms with E-state index in [1.54, 1.807) is 0 Å². The molecule has 1 saturated carbocycles. The van der Waals surface area contributed by atoms with Crippen LogP contribution in [-0.4, -0.2) is 48.8 Å². The highest BCUT2D eigenvalue weighted by Gasteiger charge is 2.40. The predicted molar refractivity (Wildman–Crippen MR) is 82.9 cm³/mol. The van der Waals surface area contributed by atoms with Gasteiger partial charge in [0.15, 0.2) is 0 Å². The summed E-state index contributed by atoms with van der Waals surface area (Å²) in [6, 6.07) is 1.46. The third kappa shape index (κ3) is 3.75. The molecule has 0 amide bonds. The zero-order valence-electron chi connectivity index (χ0n) is 13.5.